The van der Waals surface area contributed by atoms with Crippen molar-refractivity contribution in [3.63, 3.8) is 0 Å². The van der Waals surface area contributed by atoms with Gasteiger partial charge in [-0.15, -0.1) is 0 Å². The molecule has 3 aromatic rings. The summed E-state index contributed by atoms with van der Waals surface area (Å²) in [4.78, 5) is 15.4. The monoisotopic (exact) mass is 430 g/mol. The zero-order valence-electron chi connectivity index (χ0n) is 17.1. The zero-order chi connectivity index (χ0) is 21.5. The number of nitrogens with zero attached hydrogens (tertiary/aromatic N) is 4. The topological polar surface area (TPSA) is 75.2 Å². The van der Waals surface area contributed by atoms with Gasteiger partial charge in [-0.3, -0.25) is 0 Å². The van der Waals surface area contributed by atoms with E-state index in [4.69, 9.17) is 16.3 Å². The summed E-state index contributed by atoms with van der Waals surface area (Å²) in [5.41, 5.74) is 2.28. The van der Waals surface area contributed by atoms with E-state index in [0.717, 1.165) is 30.6 Å². The van der Waals surface area contributed by atoms with E-state index in [1.54, 1.807) is 31.6 Å². The molecule has 0 bridgehead atoms. The number of anilines is 3. The number of pyridine rings is 1. The first-order valence-electron chi connectivity index (χ1n) is 9.44. The van der Waals surface area contributed by atoms with E-state index in [1.807, 2.05) is 20.2 Å². The quantitative estimate of drug-likeness (QED) is 0.486. The molecule has 0 aliphatic heterocycles. The number of halogens is 2. The Morgan fingerprint density at radius 1 is 1.13 bits per heavy atom. The first kappa shape index (κ1) is 21.7. The molecule has 30 heavy (non-hydrogen) atoms. The summed E-state index contributed by atoms with van der Waals surface area (Å²) in [6, 6.07) is 8.06. The van der Waals surface area contributed by atoms with Crippen molar-refractivity contribution in [3.05, 3.63) is 53.6 Å². The molecule has 158 valence electrons. The highest BCUT2D eigenvalue weighted by molar-refractivity contribution is 6.31. The molecule has 0 aliphatic rings. The molecule has 1 aromatic carbocycles. The first-order valence-corrected chi connectivity index (χ1v) is 9.82. The molecule has 0 spiro atoms. The molecule has 2 heterocycles. The molecule has 0 saturated heterocycles. The molecule has 7 nitrogen and oxygen atoms in total. The minimum atomic E-state index is -0.478. The van der Waals surface area contributed by atoms with Crippen LogP contribution in [-0.2, 0) is 0 Å². The molecule has 0 amide bonds. The van der Waals surface area contributed by atoms with Crippen LogP contribution in [0.2, 0.25) is 5.02 Å². The number of nitrogens with one attached hydrogen (secondary N) is 2. The summed E-state index contributed by atoms with van der Waals surface area (Å²) < 4.78 is 18.5. The number of hydrogen-bond acceptors (Lipinski definition) is 7. The van der Waals surface area contributed by atoms with Gasteiger partial charge in [0, 0.05) is 41.8 Å². The molecule has 0 radical (unpaired) electrons. The number of ether oxygens (including phenoxy) is 1. The van der Waals surface area contributed by atoms with Crippen molar-refractivity contribution in [1.82, 2.24) is 19.9 Å². The van der Waals surface area contributed by atoms with Gasteiger partial charge in [0.1, 0.15) is 11.6 Å². The van der Waals surface area contributed by atoms with Crippen molar-refractivity contribution in [2.75, 3.05) is 44.9 Å². The fourth-order valence-electron chi connectivity index (χ4n) is 2.75. The van der Waals surface area contributed by atoms with Gasteiger partial charge in [0.25, 0.3) is 0 Å². The van der Waals surface area contributed by atoms with E-state index >= 15 is 0 Å². The molecule has 3 rings (SSSR count). The van der Waals surface area contributed by atoms with Gasteiger partial charge in [0.2, 0.25) is 11.8 Å². The smallest absolute Gasteiger partial charge is 0.229 e. The van der Waals surface area contributed by atoms with Gasteiger partial charge in [0.15, 0.2) is 0 Å². The fourth-order valence-corrected chi connectivity index (χ4v) is 2.93. The number of benzene rings is 1. The summed E-state index contributed by atoms with van der Waals surface area (Å²) in [6.45, 7) is 1.70. The van der Waals surface area contributed by atoms with E-state index in [1.165, 1.54) is 12.1 Å². The van der Waals surface area contributed by atoms with Crippen LogP contribution in [0.15, 0.2) is 42.7 Å². The Morgan fingerprint density at radius 3 is 2.63 bits per heavy atom. The Kier molecular flexibility index (Phi) is 7.37. The minimum absolute atomic E-state index is 0.0305. The van der Waals surface area contributed by atoms with Crippen LogP contribution in [0.1, 0.15) is 6.42 Å². The lowest BCUT2D eigenvalue weighted by atomic mass is 10.1. The maximum absolute atomic E-state index is 13.4. The van der Waals surface area contributed by atoms with Gasteiger partial charge >= 0.3 is 0 Å². The van der Waals surface area contributed by atoms with Gasteiger partial charge < -0.3 is 20.3 Å². The van der Waals surface area contributed by atoms with E-state index in [0.29, 0.717) is 23.3 Å². The number of methoxy groups -OCH3 is 1. The van der Waals surface area contributed by atoms with Crippen LogP contribution < -0.4 is 15.4 Å². The molecular weight excluding hydrogens is 407 g/mol. The van der Waals surface area contributed by atoms with Gasteiger partial charge in [0.05, 0.1) is 12.1 Å². The van der Waals surface area contributed by atoms with Crippen molar-refractivity contribution < 1.29 is 9.13 Å². The van der Waals surface area contributed by atoms with Crippen LogP contribution in [0.4, 0.5) is 21.8 Å². The minimum Gasteiger partial charge on any atom is -0.481 e. The van der Waals surface area contributed by atoms with E-state index in [-0.39, 0.29) is 5.02 Å². The molecule has 0 fully saturated rings. The third-order valence-corrected chi connectivity index (χ3v) is 4.59. The average Bonchev–Trinajstić information content (AvgIpc) is 2.74. The molecular formula is C21H24ClFN6O. The van der Waals surface area contributed by atoms with Crippen LogP contribution in [0.25, 0.3) is 11.1 Å². The molecule has 0 saturated carbocycles. The van der Waals surface area contributed by atoms with Gasteiger partial charge in [-0.05, 0) is 51.3 Å². The summed E-state index contributed by atoms with van der Waals surface area (Å²) >= 11 is 5.86. The summed E-state index contributed by atoms with van der Waals surface area (Å²) in [7, 11) is 5.65. The molecule has 9 heteroatoms. The van der Waals surface area contributed by atoms with E-state index < -0.39 is 5.82 Å². The highest BCUT2D eigenvalue weighted by Gasteiger charge is 2.11. The Morgan fingerprint density at radius 2 is 1.97 bits per heavy atom. The standard InChI is InChI=1S/C21H24ClFN6O/c1-29(2)10-4-9-24-20-16(14-5-8-19(30-3)25-12-14)13-26-21(28-20)27-15-6-7-18(23)17(22)11-15/h5-8,11-13H,4,9-10H2,1-3H3,(H2,24,26,27,28). The van der Waals surface area contributed by atoms with E-state index in [9.17, 15) is 4.39 Å². The SMILES string of the molecule is COc1ccc(-c2cnc(Nc3ccc(F)c(Cl)c3)nc2NCCCN(C)C)cn1. The maximum Gasteiger partial charge on any atom is 0.229 e. The zero-order valence-corrected chi connectivity index (χ0v) is 17.9. The third-order valence-electron chi connectivity index (χ3n) is 4.30. The molecule has 2 aromatic heterocycles. The van der Waals surface area contributed by atoms with Crippen molar-refractivity contribution in [2.24, 2.45) is 0 Å². The second kappa shape index (κ2) is 10.2. The van der Waals surface area contributed by atoms with Crippen LogP contribution in [0.3, 0.4) is 0 Å². The predicted molar refractivity (Wildman–Crippen MR) is 118 cm³/mol. The average molecular weight is 431 g/mol. The van der Waals surface area contributed by atoms with Crippen molar-refractivity contribution in [3.8, 4) is 17.0 Å². The fraction of sp³-hybridized carbons (Fsp3) is 0.286. The summed E-state index contributed by atoms with van der Waals surface area (Å²) in [5, 5.41) is 6.47. The van der Waals surface area contributed by atoms with Crippen LogP contribution in [-0.4, -0.2) is 54.1 Å². The number of hydrogen-bond donors (Lipinski definition) is 2. The van der Waals surface area contributed by atoms with Gasteiger partial charge in [-0.2, -0.15) is 4.98 Å². The molecule has 0 atom stereocenters. The third kappa shape index (κ3) is 5.77. The maximum atomic E-state index is 13.4. The largest absolute Gasteiger partial charge is 0.481 e. The molecule has 0 unspecified atom stereocenters. The van der Waals surface area contributed by atoms with Gasteiger partial charge in [-0.25, -0.2) is 14.4 Å². The first-order chi connectivity index (χ1) is 14.5. The Balaban J connectivity index is 1.85. The van der Waals surface area contributed by atoms with Crippen molar-refractivity contribution >= 4 is 29.1 Å². The highest BCUT2D eigenvalue weighted by Crippen LogP contribution is 2.28. The molecule has 0 aliphatic carbocycles. The van der Waals surface area contributed by atoms with Crippen LogP contribution in [0.5, 0.6) is 5.88 Å². The summed E-state index contributed by atoms with van der Waals surface area (Å²) in [5.74, 6) is 1.10. The van der Waals surface area contributed by atoms with Crippen molar-refractivity contribution in [1.29, 1.82) is 0 Å². The van der Waals surface area contributed by atoms with E-state index in [2.05, 4.69) is 30.5 Å². The lowest BCUT2D eigenvalue weighted by Crippen LogP contribution is -2.17. The summed E-state index contributed by atoms with van der Waals surface area (Å²) in [6.07, 6.45) is 4.39. The van der Waals surface area contributed by atoms with Crippen LogP contribution >= 0.6 is 11.6 Å². The lowest BCUT2D eigenvalue weighted by Gasteiger charge is -2.14. The number of aromatic nitrogens is 3. The highest BCUT2D eigenvalue weighted by atomic mass is 35.5. The molecule has 2 N–H and O–H groups in total. The van der Waals surface area contributed by atoms with Crippen molar-refractivity contribution in [2.45, 2.75) is 6.42 Å². The normalized spacial score (nSPS) is 10.9. The second-order valence-electron chi connectivity index (χ2n) is 6.88. The second-order valence-corrected chi connectivity index (χ2v) is 7.29. The lowest BCUT2D eigenvalue weighted by molar-refractivity contribution is 0.398. The number of rotatable bonds is 9. The Hall–Kier alpha value is -2.97. The van der Waals surface area contributed by atoms with Gasteiger partial charge in [-0.1, -0.05) is 11.6 Å². The van der Waals surface area contributed by atoms with Crippen LogP contribution in [0, 0.1) is 5.82 Å². The predicted octanol–water partition coefficient (Wildman–Crippen LogP) is 4.45. The Labute approximate surface area is 180 Å². The Bertz CT molecular complexity index is 984.